The van der Waals surface area contributed by atoms with E-state index in [0.717, 1.165) is 25.3 Å². The van der Waals surface area contributed by atoms with Crippen LogP contribution in [-0.4, -0.2) is 41.3 Å². The van der Waals surface area contributed by atoms with Gasteiger partial charge in [-0.1, -0.05) is 6.92 Å². The SMILES string of the molecule is CCC(c1ccco1)N1CC(C)(OCC(=O)O)C1. The van der Waals surface area contributed by atoms with Crippen molar-refractivity contribution in [3.63, 3.8) is 0 Å². The number of ether oxygens (including phenoxy) is 1. The third kappa shape index (κ3) is 2.73. The maximum atomic E-state index is 10.5. The molecule has 5 heteroatoms. The van der Waals surface area contributed by atoms with Crippen LogP contribution in [-0.2, 0) is 9.53 Å². The zero-order chi connectivity index (χ0) is 13.2. The molecule has 1 atom stereocenters. The summed E-state index contributed by atoms with van der Waals surface area (Å²) in [4.78, 5) is 12.7. The van der Waals surface area contributed by atoms with E-state index in [1.54, 1.807) is 6.26 Å². The van der Waals surface area contributed by atoms with Crippen molar-refractivity contribution in [2.75, 3.05) is 19.7 Å². The summed E-state index contributed by atoms with van der Waals surface area (Å²) in [6, 6.07) is 4.11. The monoisotopic (exact) mass is 253 g/mol. The quantitative estimate of drug-likeness (QED) is 0.839. The Morgan fingerprint density at radius 1 is 1.67 bits per heavy atom. The Morgan fingerprint density at radius 2 is 2.39 bits per heavy atom. The molecule has 0 radical (unpaired) electrons. The third-order valence-corrected chi connectivity index (χ3v) is 3.32. The highest BCUT2D eigenvalue weighted by molar-refractivity contribution is 5.68. The maximum absolute atomic E-state index is 10.5. The average Bonchev–Trinajstić information content (AvgIpc) is 2.79. The first kappa shape index (κ1) is 13.1. The second kappa shape index (κ2) is 5.12. The molecule has 0 amide bonds. The number of carboxylic acids is 1. The van der Waals surface area contributed by atoms with E-state index in [9.17, 15) is 4.79 Å². The van der Waals surface area contributed by atoms with E-state index in [2.05, 4.69) is 11.8 Å². The van der Waals surface area contributed by atoms with Gasteiger partial charge in [0.1, 0.15) is 12.4 Å². The van der Waals surface area contributed by atoms with Gasteiger partial charge in [0.15, 0.2) is 0 Å². The fraction of sp³-hybridized carbons (Fsp3) is 0.615. The van der Waals surface area contributed by atoms with Gasteiger partial charge >= 0.3 is 5.97 Å². The van der Waals surface area contributed by atoms with Crippen molar-refractivity contribution in [3.8, 4) is 0 Å². The van der Waals surface area contributed by atoms with Gasteiger partial charge in [0.2, 0.25) is 0 Å². The van der Waals surface area contributed by atoms with Gasteiger partial charge in [-0.2, -0.15) is 0 Å². The molecule has 2 rings (SSSR count). The molecule has 2 heterocycles. The zero-order valence-electron chi connectivity index (χ0n) is 10.8. The minimum Gasteiger partial charge on any atom is -0.480 e. The molecule has 1 fully saturated rings. The van der Waals surface area contributed by atoms with Crippen molar-refractivity contribution in [3.05, 3.63) is 24.2 Å². The number of rotatable bonds is 6. The smallest absolute Gasteiger partial charge is 0.329 e. The van der Waals surface area contributed by atoms with Crippen molar-refractivity contribution >= 4 is 5.97 Å². The Hall–Kier alpha value is -1.33. The van der Waals surface area contributed by atoms with Crippen LogP contribution in [0.3, 0.4) is 0 Å². The van der Waals surface area contributed by atoms with Crippen LogP contribution in [0.1, 0.15) is 32.1 Å². The van der Waals surface area contributed by atoms with Crippen molar-refractivity contribution in [2.45, 2.75) is 31.9 Å². The Balaban J connectivity index is 1.89. The topological polar surface area (TPSA) is 62.9 Å². The van der Waals surface area contributed by atoms with Crippen LogP contribution in [0.4, 0.5) is 0 Å². The summed E-state index contributed by atoms with van der Waals surface area (Å²) in [7, 11) is 0. The van der Waals surface area contributed by atoms with Crippen LogP contribution in [0.25, 0.3) is 0 Å². The van der Waals surface area contributed by atoms with Crippen LogP contribution in [0, 0.1) is 0 Å². The van der Waals surface area contributed by atoms with Gasteiger partial charge in [-0.05, 0) is 25.5 Å². The van der Waals surface area contributed by atoms with E-state index >= 15 is 0 Å². The number of carbonyl (C=O) groups is 1. The summed E-state index contributed by atoms with van der Waals surface area (Å²) in [5.74, 6) is 0.0329. The average molecular weight is 253 g/mol. The highest BCUT2D eigenvalue weighted by Gasteiger charge is 2.43. The Morgan fingerprint density at radius 3 is 2.89 bits per heavy atom. The molecule has 1 saturated heterocycles. The van der Waals surface area contributed by atoms with Crippen molar-refractivity contribution in [1.82, 2.24) is 4.90 Å². The molecule has 0 bridgehead atoms. The number of nitrogens with zero attached hydrogens (tertiary/aromatic N) is 1. The zero-order valence-corrected chi connectivity index (χ0v) is 10.8. The molecule has 18 heavy (non-hydrogen) atoms. The molecule has 1 unspecified atom stereocenters. The molecule has 1 aliphatic rings. The van der Waals surface area contributed by atoms with E-state index in [1.807, 2.05) is 19.1 Å². The highest BCUT2D eigenvalue weighted by Crippen LogP contribution is 2.35. The molecule has 0 spiro atoms. The molecule has 0 aromatic carbocycles. The van der Waals surface area contributed by atoms with Crippen LogP contribution in [0.5, 0.6) is 0 Å². The number of likely N-dealkylation sites (tertiary alicyclic amines) is 1. The molecular formula is C13H19NO4. The predicted molar refractivity (Wildman–Crippen MR) is 65.3 cm³/mol. The second-order valence-electron chi connectivity index (χ2n) is 4.98. The van der Waals surface area contributed by atoms with E-state index in [-0.39, 0.29) is 18.2 Å². The predicted octanol–water partition coefficient (Wildman–Crippen LogP) is 1.91. The van der Waals surface area contributed by atoms with Crippen LogP contribution < -0.4 is 0 Å². The van der Waals surface area contributed by atoms with E-state index in [0.29, 0.717) is 0 Å². The fourth-order valence-corrected chi connectivity index (χ4v) is 2.48. The van der Waals surface area contributed by atoms with Gasteiger partial charge in [0.25, 0.3) is 0 Å². The third-order valence-electron chi connectivity index (χ3n) is 3.32. The van der Waals surface area contributed by atoms with Gasteiger partial charge < -0.3 is 14.3 Å². The molecular weight excluding hydrogens is 234 g/mol. The lowest BCUT2D eigenvalue weighted by atomic mass is 9.92. The fourth-order valence-electron chi connectivity index (χ4n) is 2.48. The molecule has 0 aliphatic carbocycles. The Labute approximate surface area is 106 Å². The van der Waals surface area contributed by atoms with Gasteiger partial charge in [-0.25, -0.2) is 4.79 Å². The number of aliphatic carboxylic acids is 1. The maximum Gasteiger partial charge on any atom is 0.329 e. The molecule has 1 N–H and O–H groups in total. The number of hydrogen-bond acceptors (Lipinski definition) is 4. The Bertz CT molecular complexity index is 395. The lowest BCUT2D eigenvalue weighted by Gasteiger charge is -2.50. The van der Waals surface area contributed by atoms with Gasteiger partial charge in [-0.3, -0.25) is 4.90 Å². The van der Waals surface area contributed by atoms with Crippen LogP contribution >= 0.6 is 0 Å². The van der Waals surface area contributed by atoms with E-state index < -0.39 is 5.97 Å². The highest BCUT2D eigenvalue weighted by atomic mass is 16.5. The molecule has 0 saturated carbocycles. The van der Waals surface area contributed by atoms with Crippen LogP contribution in [0.15, 0.2) is 22.8 Å². The normalized spacial score (nSPS) is 20.3. The van der Waals surface area contributed by atoms with Crippen LogP contribution in [0.2, 0.25) is 0 Å². The first-order valence-corrected chi connectivity index (χ1v) is 6.17. The van der Waals surface area contributed by atoms with Crippen molar-refractivity contribution in [1.29, 1.82) is 0 Å². The lowest BCUT2D eigenvalue weighted by Crippen LogP contribution is -2.62. The first-order valence-electron chi connectivity index (χ1n) is 6.17. The summed E-state index contributed by atoms with van der Waals surface area (Å²) >= 11 is 0. The first-order chi connectivity index (χ1) is 8.54. The number of furan rings is 1. The summed E-state index contributed by atoms with van der Waals surface area (Å²) in [5, 5.41) is 8.61. The molecule has 1 aliphatic heterocycles. The van der Waals surface area contributed by atoms with Gasteiger partial charge in [0.05, 0.1) is 17.9 Å². The van der Waals surface area contributed by atoms with E-state index in [4.69, 9.17) is 14.3 Å². The summed E-state index contributed by atoms with van der Waals surface area (Å²) in [5.41, 5.74) is -0.349. The van der Waals surface area contributed by atoms with Crippen molar-refractivity contribution in [2.24, 2.45) is 0 Å². The summed E-state index contributed by atoms with van der Waals surface area (Å²) < 4.78 is 10.8. The lowest BCUT2D eigenvalue weighted by molar-refractivity contribution is -0.171. The number of hydrogen-bond donors (Lipinski definition) is 1. The standard InChI is InChI=1S/C13H19NO4/c1-3-10(11-5-4-6-17-11)14-8-13(2,9-14)18-7-12(15)16/h4-6,10H,3,7-9H2,1-2H3,(H,15,16). The minimum absolute atomic E-state index is 0.234. The largest absolute Gasteiger partial charge is 0.480 e. The van der Waals surface area contributed by atoms with Gasteiger partial charge in [0, 0.05) is 13.1 Å². The van der Waals surface area contributed by atoms with E-state index in [1.165, 1.54) is 0 Å². The molecule has 5 nitrogen and oxygen atoms in total. The number of carboxylic acid groups (broad SMARTS) is 1. The molecule has 100 valence electrons. The molecule has 1 aromatic heterocycles. The summed E-state index contributed by atoms with van der Waals surface area (Å²) in [6.07, 6.45) is 2.64. The second-order valence-corrected chi connectivity index (χ2v) is 4.98. The Kier molecular flexibility index (Phi) is 3.73. The minimum atomic E-state index is -0.923. The van der Waals surface area contributed by atoms with Gasteiger partial charge in [-0.15, -0.1) is 0 Å². The molecule has 1 aromatic rings. The van der Waals surface area contributed by atoms with Crippen molar-refractivity contribution < 1.29 is 19.1 Å². The summed E-state index contributed by atoms with van der Waals surface area (Å²) in [6.45, 7) is 5.29.